The van der Waals surface area contributed by atoms with Crippen LogP contribution in [0.4, 0.5) is 5.69 Å². The summed E-state index contributed by atoms with van der Waals surface area (Å²) in [6.45, 7) is 7.72. The van der Waals surface area contributed by atoms with Crippen LogP contribution in [-0.2, 0) is 0 Å². The maximum atomic E-state index is 13.6. The number of aromatic nitrogens is 1. The van der Waals surface area contributed by atoms with Crippen molar-refractivity contribution >= 4 is 23.2 Å². The van der Waals surface area contributed by atoms with E-state index in [1.165, 1.54) is 6.07 Å². The second kappa shape index (κ2) is 9.08. The van der Waals surface area contributed by atoms with Crippen molar-refractivity contribution in [3.05, 3.63) is 116 Å². The fraction of sp³-hybridized carbons (Fsp3) is 0.143. The number of amides is 1. The molecule has 0 radical (unpaired) electrons. The number of pyridine rings is 1. The van der Waals surface area contributed by atoms with Crippen LogP contribution in [-0.4, -0.2) is 10.5 Å². The summed E-state index contributed by atoms with van der Waals surface area (Å²) in [5.41, 5.74) is 5.98. The number of carbonyl (C=O) groups excluding carboxylic acids is 1. The Balaban J connectivity index is 2.03. The topological polar surface area (TPSA) is 51.1 Å². The van der Waals surface area contributed by atoms with Gasteiger partial charge in [-0.2, -0.15) is 0 Å². The van der Waals surface area contributed by atoms with Crippen molar-refractivity contribution < 1.29 is 4.79 Å². The molecule has 0 unspecified atom stereocenters. The third-order valence-electron chi connectivity index (χ3n) is 5.74. The van der Waals surface area contributed by atoms with E-state index in [1.807, 2.05) is 92.9 Å². The molecule has 1 heterocycles. The first-order valence-electron chi connectivity index (χ1n) is 10.7. The van der Waals surface area contributed by atoms with E-state index >= 15 is 0 Å². The van der Waals surface area contributed by atoms with Crippen LogP contribution in [0.5, 0.6) is 0 Å². The quantitative estimate of drug-likeness (QED) is 0.374. The van der Waals surface area contributed by atoms with E-state index in [-0.39, 0.29) is 11.0 Å². The molecule has 5 heteroatoms. The lowest BCUT2D eigenvalue weighted by Crippen LogP contribution is -2.26. The number of nitrogens with zero attached hydrogens (tertiary/aromatic N) is 1. The average Bonchev–Trinajstić information content (AvgIpc) is 2.76. The zero-order chi connectivity index (χ0) is 23.7. The molecule has 0 aliphatic rings. The zero-order valence-corrected chi connectivity index (χ0v) is 19.8. The molecule has 0 fully saturated rings. The Morgan fingerprint density at radius 3 is 2.18 bits per heavy atom. The Morgan fingerprint density at radius 2 is 1.52 bits per heavy atom. The van der Waals surface area contributed by atoms with E-state index in [9.17, 15) is 9.59 Å². The highest BCUT2D eigenvalue weighted by molar-refractivity contribution is 6.33. The van der Waals surface area contributed by atoms with Crippen LogP contribution in [0, 0.1) is 27.7 Å². The highest BCUT2D eigenvalue weighted by Gasteiger charge is 2.24. The van der Waals surface area contributed by atoms with Crippen molar-refractivity contribution in [2.75, 3.05) is 5.32 Å². The van der Waals surface area contributed by atoms with Crippen LogP contribution in [0.25, 0.3) is 16.9 Å². The van der Waals surface area contributed by atoms with E-state index in [4.69, 9.17) is 11.6 Å². The summed E-state index contributed by atoms with van der Waals surface area (Å²) in [4.78, 5) is 26.9. The van der Waals surface area contributed by atoms with Crippen molar-refractivity contribution in [2.45, 2.75) is 27.7 Å². The summed E-state index contributed by atoms with van der Waals surface area (Å²) in [5, 5.41) is 3.44. The van der Waals surface area contributed by atoms with E-state index in [0.29, 0.717) is 27.7 Å². The molecule has 0 aliphatic heterocycles. The van der Waals surface area contributed by atoms with Crippen LogP contribution in [0.3, 0.4) is 0 Å². The largest absolute Gasteiger partial charge is 0.321 e. The first kappa shape index (κ1) is 22.6. The van der Waals surface area contributed by atoms with Gasteiger partial charge in [0.15, 0.2) is 5.43 Å². The first-order valence-corrected chi connectivity index (χ1v) is 11.1. The fourth-order valence-electron chi connectivity index (χ4n) is 4.15. The summed E-state index contributed by atoms with van der Waals surface area (Å²) >= 11 is 6.59. The fourth-order valence-corrected chi connectivity index (χ4v) is 4.37. The smallest absolute Gasteiger partial charge is 0.261 e. The van der Waals surface area contributed by atoms with Gasteiger partial charge in [-0.1, -0.05) is 60.1 Å². The minimum absolute atomic E-state index is 0.0536. The highest BCUT2D eigenvalue weighted by Crippen LogP contribution is 2.33. The number of hydrogen-bond acceptors (Lipinski definition) is 2. The summed E-state index contributed by atoms with van der Waals surface area (Å²) < 4.78 is 1.93. The van der Waals surface area contributed by atoms with Gasteiger partial charge in [0, 0.05) is 33.7 Å². The van der Waals surface area contributed by atoms with Gasteiger partial charge in [0.25, 0.3) is 5.91 Å². The number of halogens is 1. The number of anilines is 1. The molecule has 1 N–H and O–H groups in total. The van der Waals surface area contributed by atoms with Crippen LogP contribution < -0.4 is 10.7 Å². The maximum absolute atomic E-state index is 13.6. The number of para-hydroxylation sites is 1. The number of nitrogens with one attached hydrogen (secondary N) is 1. The first-order chi connectivity index (χ1) is 15.8. The summed E-state index contributed by atoms with van der Waals surface area (Å²) in [6.07, 6.45) is 0. The lowest BCUT2D eigenvalue weighted by atomic mass is 10.0. The molecule has 0 spiro atoms. The predicted molar refractivity (Wildman–Crippen MR) is 136 cm³/mol. The molecule has 3 aromatic carbocycles. The molecule has 0 aliphatic carbocycles. The van der Waals surface area contributed by atoms with Gasteiger partial charge in [-0.3, -0.25) is 9.59 Å². The minimum atomic E-state index is -0.464. The average molecular weight is 457 g/mol. The lowest BCUT2D eigenvalue weighted by molar-refractivity contribution is 0.102. The summed E-state index contributed by atoms with van der Waals surface area (Å²) in [7, 11) is 0. The van der Waals surface area contributed by atoms with Gasteiger partial charge >= 0.3 is 0 Å². The number of hydrogen-bond donors (Lipinski definition) is 1. The van der Waals surface area contributed by atoms with Crippen molar-refractivity contribution in [3.8, 4) is 16.9 Å². The molecule has 0 saturated heterocycles. The summed E-state index contributed by atoms with van der Waals surface area (Å²) in [6, 6.07) is 22.5. The second-order valence-electron chi connectivity index (χ2n) is 8.25. The summed E-state index contributed by atoms with van der Waals surface area (Å²) in [5.74, 6) is -0.464. The predicted octanol–water partition coefficient (Wildman–Crippen LogP) is 6.64. The van der Waals surface area contributed by atoms with Crippen molar-refractivity contribution in [1.82, 2.24) is 4.57 Å². The molecular weight excluding hydrogens is 432 g/mol. The van der Waals surface area contributed by atoms with Crippen LogP contribution in [0.2, 0.25) is 5.02 Å². The third kappa shape index (κ3) is 4.35. The number of benzene rings is 3. The van der Waals surface area contributed by atoms with Crippen LogP contribution in [0.15, 0.2) is 77.6 Å². The van der Waals surface area contributed by atoms with Crippen molar-refractivity contribution in [3.63, 3.8) is 0 Å². The number of carbonyl (C=O) groups is 1. The maximum Gasteiger partial charge on any atom is 0.261 e. The molecule has 4 nitrogen and oxygen atoms in total. The second-order valence-corrected chi connectivity index (χ2v) is 8.66. The molecule has 0 saturated carbocycles. The molecule has 1 amide bonds. The van der Waals surface area contributed by atoms with Gasteiger partial charge in [0.2, 0.25) is 0 Å². The Labute approximate surface area is 198 Å². The van der Waals surface area contributed by atoms with Crippen LogP contribution in [0.1, 0.15) is 32.7 Å². The van der Waals surface area contributed by atoms with Crippen molar-refractivity contribution in [2.24, 2.45) is 0 Å². The van der Waals surface area contributed by atoms with Crippen molar-refractivity contribution in [1.29, 1.82) is 0 Å². The van der Waals surface area contributed by atoms with E-state index in [1.54, 1.807) is 6.07 Å². The molecule has 0 bridgehead atoms. The van der Waals surface area contributed by atoms with Gasteiger partial charge in [0.05, 0.1) is 5.69 Å². The van der Waals surface area contributed by atoms with Gasteiger partial charge in [-0.25, -0.2) is 0 Å². The lowest BCUT2D eigenvalue weighted by Gasteiger charge is -2.22. The van der Waals surface area contributed by atoms with Gasteiger partial charge in [-0.05, 0) is 62.6 Å². The number of aryl methyl sites for hydroxylation is 4. The van der Waals surface area contributed by atoms with E-state index in [2.05, 4.69) is 5.32 Å². The normalized spacial score (nSPS) is 10.8. The van der Waals surface area contributed by atoms with Crippen LogP contribution >= 0.6 is 11.6 Å². The van der Waals surface area contributed by atoms with Gasteiger partial charge < -0.3 is 9.88 Å². The van der Waals surface area contributed by atoms with E-state index in [0.717, 1.165) is 22.4 Å². The molecule has 166 valence electrons. The Bertz CT molecular complexity index is 1420. The molecule has 1 aromatic heterocycles. The standard InChI is InChI=1S/C28H25ClN2O2/c1-17-9-7-12-21(15-17)31-20(4)16-24(32)25(27(31)22-13-5-6-14-23(22)29)28(33)30-26-18(2)10-8-11-19(26)3/h5-16H,1-4H3,(H,30,33). The monoisotopic (exact) mass is 456 g/mol. The third-order valence-corrected chi connectivity index (χ3v) is 6.06. The molecule has 33 heavy (non-hydrogen) atoms. The molecule has 4 aromatic rings. The SMILES string of the molecule is Cc1cccc(-n2c(C)cc(=O)c(C(=O)Nc3c(C)cccc3C)c2-c2ccccc2Cl)c1. The minimum Gasteiger partial charge on any atom is -0.321 e. The molecule has 0 atom stereocenters. The van der Waals surface area contributed by atoms with Gasteiger partial charge in [-0.15, -0.1) is 0 Å². The zero-order valence-electron chi connectivity index (χ0n) is 19.1. The number of rotatable bonds is 4. The Hall–Kier alpha value is -3.63. The Kier molecular flexibility index (Phi) is 6.21. The molecular formula is C28H25ClN2O2. The molecule has 4 rings (SSSR count). The van der Waals surface area contributed by atoms with Gasteiger partial charge in [0.1, 0.15) is 5.56 Å². The van der Waals surface area contributed by atoms with E-state index < -0.39 is 5.91 Å². The Morgan fingerprint density at radius 1 is 0.848 bits per heavy atom. The highest BCUT2D eigenvalue weighted by atomic mass is 35.5.